The summed E-state index contributed by atoms with van der Waals surface area (Å²) >= 11 is 0. The summed E-state index contributed by atoms with van der Waals surface area (Å²) in [6, 6.07) is 0. The predicted octanol–water partition coefficient (Wildman–Crippen LogP) is 1.19. The van der Waals surface area contributed by atoms with Crippen LogP contribution in [0.3, 0.4) is 0 Å². The van der Waals surface area contributed by atoms with E-state index in [0.717, 1.165) is 0 Å². The first-order chi connectivity index (χ1) is 12.3. The van der Waals surface area contributed by atoms with Crippen LogP contribution in [-0.4, -0.2) is 68.1 Å². The minimum absolute atomic E-state index is 0.1000. The third-order valence-corrected chi connectivity index (χ3v) is 7.63. The van der Waals surface area contributed by atoms with Crippen molar-refractivity contribution in [2.24, 2.45) is 11.8 Å². The van der Waals surface area contributed by atoms with Gasteiger partial charge in [0.15, 0.2) is 5.76 Å². The third kappa shape index (κ3) is 3.65. The lowest BCUT2D eigenvalue weighted by atomic mass is 9.85. The molecule has 0 aliphatic carbocycles. The molecular formula is C17H27N3O5S. The van der Waals surface area contributed by atoms with E-state index in [1.54, 1.807) is 13.8 Å². The van der Waals surface area contributed by atoms with E-state index >= 15 is 0 Å². The van der Waals surface area contributed by atoms with Gasteiger partial charge >= 0.3 is 0 Å². The molecule has 1 amide bonds. The van der Waals surface area contributed by atoms with Gasteiger partial charge in [-0.25, -0.2) is 8.42 Å². The van der Waals surface area contributed by atoms with Crippen LogP contribution < -0.4 is 0 Å². The van der Waals surface area contributed by atoms with Crippen molar-refractivity contribution in [3.63, 3.8) is 0 Å². The quantitative estimate of drug-likeness (QED) is 0.773. The van der Waals surface area contributed by atoms with Crippen LogP contribution in [0.2, 0.25) is 0 Å². The Morgan fingerprint density at radius 1 is 1.15 bits per heavy atom. The minimum Gasteiger partial charge on any atom is -0.378 e. The molecule has 2 saturated heterocycles. The van der Waals surface area contributed by atoms with Gasteiger partial charge in [0.2, 0.25) is 15.9 Å². The highest BCUT2D eigenvalue weighted by Gasteiger charge is 2.37. The van der Waals surface area contributed by atoms with Crippen LogP contribution in [0.4, 0.5) is 0 Å². The number of carbonyl (C=O) groups is 1. The molecule has 146 valence electrons. The number of amides is 1. The first-order valence-electron chi connectivity index (χ1n) is 9.12. The molecule has 2 aliphatic heterocycles. The van der Waals surface area contributed by atoms with Crippen molar-refractivity contribution in [3.05, 3.63) is 11.5 Å². The molecule has 9 heteroatoms. The van der Waals surface area contributed by atoms with Crippen LogP contribution in [0.1, 0.15) is 31.2 Å². The average Bonchev–Trinajstić information content (AvgIpc) is 3.00. The fourth-order valence-electron chi connectivity index (χ4n) is 3.86. The monoisotopic (exact) mass is 385 g/mol. The lowest BCUT2D eigenvalue weighted by molar-refractivity contribution is -0.141. The first kappa shape index (κ1) is 19.3. The predicted molar refractivity (Wildman–Crippen MR) is 94.0 cm³/mol. The number of ether oxygens (including phenoxy) is 1. The summed E-state index contributed by atoms with van der Waals surface area (Å²) in [6.07, 6.45) is 1.36. The summed E-state index contributed by atoms with van der Waals surface area (Å²) in [5.74, 6) is 0.569. The van der Waals surface area contributed by atoms with E-state index in [-0.39, 0.29) is 22.6 Å². The number of carbonyl (C=O) groups excluding carboxylic acids is 1. The number of hydrogen-bond donors (Lipinski definition) is 0. The Morgan fingerprint density at radius 3 is 2.31 bits per heavy atom. The van der Waals surface area contributed by atoms with Crippen molar-refractivity contribution < 1.29 is 22.5 Å². The minimum atomic E-state index is -3.60. The van der Waals surface area contributed by atoms with E-state index in [1.165, 1.54) is 4.31 Å². The number of rotatable bonds is 4. The van der Waals surface area contributed by atoms with Crippen molar-refractivity contribution in [2.75, 3.05) is 39.4 Å². The maximum absolute atomic E-state index is 12.9. The second-order valence-electron chi connectivity index (χ2n) is 7.12. The zero-order chi connectivity index (χ0) is 18.9. The highest BCUT2D eigenvalue weighted by Crippen LogP contribution is 2.31. The molecular weight excluding hydrogens is 358 g/mol. The fourth-order valence-corrected chi connectivity index (χ4v) is 5.62. The Hall–Kier alpha value is -1.45. The molecule has 1 aromatic rings. The smallest absolute Gasteiger partial charge is 0.248 e. The molecule has 0 spiro atoms. The maximum atomic E-state index is 12.9. The van der Waals surface area contributed by atoms with Crippen molar-refractivity contribution in [3.8, 4) is 0 Å². The van der Waals surface area contributed by atoms with Crippen LogP contribution in [0.25, 0.3) is 0 Å². The SMILES string of the molecule is Cc1noc(C)c1S(=O)(=O)N1CCC(C(C)C(=O)N2CCOCC2)CC1. The molecule has 0 aromatic carbocycles. The molecule has 3 heterocycles. The van der Waals surface area contributed by atoms with Crippen molar-refractivity contribution in [1.29, 1.82) is 0 Å². The van der Waals surface area contributed by atoms with Gasteiger partial charge in [-0.15, -0.1) is 0 Å². The van der Waals surface area contributed by atoms with Gasteiger partial charge in [0.05, 0.1) is 13.2 Å². The number of aryl methyl sites for hydroxylation is 2. The van der Waals surface area contributed by atoms with Gasteiger partial charge in [0.25, 0.3) is 0 Å². The molecule has 3 rings (SSSR count). The Balaban J connectivity index is 1.62. The van der Waals surface area contributed by atoms with Crippen LogP contribution in [0, 0.1) is 25.7 Å². The van der Waals surface area contributed by atoms with E-state index in [0.29, 0.717) is 63.7 Å². The summed E-state index contributed by atoms with van der Waals surface area (Å²) in [4.78, 5) is 14.7. The Bertz CT molecular complexity index is 727. The zero-order valence-corrected chi connectivity index (χ0v) is 16.4. The van der Waals surface area contributed by atoms with Crippen LogP contribution in [0.5, 0.6) is 0 Å². The standard InChI is InChI=1S/C17H27N3O5S/c1-12(17(21)19-8-10-24-11-9-19)15-4-6-20(7-5-15)26(22,23)16-13(2)18-25-14(16)3/h12,15H,4-11H2,1-3H3. The molecule has 26 heavy (non-hydrogen) atoms. The molecule has 0 N–H and O–H groups in total. The number of nitrogens with zero attached hydrogens (tertiary/aromatic N) is 3. The maximum Gasteiger partial charge on any atom is 0.248 e. The van der Waals surface area contributed by atoms with Gasteiger partial charge in [-0.3, -0.25) is 4.79 Å². The van der Waals surface area contributed by atoms with Crippen LogP contribution in [-0.2, 0) is 19.6 Å². The summed E-state index contributed by atoms with van der Waals surface area (Å²) in [5, 5.41) is 3.75. The Kier molecular flexibility index (Phi) is 5.69. The number of piperidine rings is 1. The van der Waals surface area contributed by atoms with Crippen LogP contribution in [0.15, 0.2) is 9.42 Å². The molecule has 1 unspecified atom stereocenters. The fraction of sp³-hybridized carbons (Fsp3) is 0.765. The summed E-state index contributed by atoms with van der Waals surface area (Å²) < 4.78 is 37.6. The van der Waals surface area contributed by atoms with E-state index in [9.17, 15) is 13.2 Å². The van der Waals surface area contributed by atoms with Crippen molar-refractivity contribution in [1.82, 2.24) is 14.4 Å². The average molecular weight is 385 g/mol. The normalized spacial score (nSPS) is 21.7. The third-order valence-electron chi connectivity index (χ3n) is 5.48. The van der Waals surface area contributed by atoms with E-state index in [4.69, 9.17) is 9.26 Å². The summed E-state index contributed by atoms with van der Waals surface area (Å²) in [5.41, 5.74) is 0.389. The molecule has 0 bridgehead atoms. The molecule has 2 aliphatic rings. The van der Waals surface area contributed by atoms with Crippen molar-refractivity contribution >= 4 is 15.9 Å². The largest absolute Gasteiger partial charge is 0.378 e. The number of aromatic nitrogens is 1. The number of morpholine rings is 1. The van der Waals surface area contributed by atoms with Gasteiger partial charge in [-0.2, -0.15) is 4.31 Å². The number of hydrogen-bond acceptors (Lipinski definition) is 6. The second-order valence-corrected chi connectivity index (χ2v) is 9.00. The second kappa shape index (κ2) is 7.66. The molecule has 1 aromatic heterocycles. The topological polar surface area (TPSA) is 93.0 Å². The van der Waals surface area contributed by atoms with E-state index in [2.05, 4.69) is 5.16 Å². The molecule has 1 atom stereocenters. The van der Waals surface area contributed by atoms with Crippen LogP contribution >= 0.6 is 0 Å². The summed E-state index contributed by atoms with van der Waals surface area (Å²) in [7, 11) is -3.60. The van der Waals surface area contributed by atoms with Gasteiger partial charge in [0, 0.05) is 32.1 Å². The lowest BCUT2D eigenvalue weighted by Crippen LogP contribution is -2.47. The van der Waals surface area contributed by atoms with E-state index in [1.807, 2.05) is 11.8 Å². The first-order valence-corrected chi connectivity index (χ1v) is 10.6. The molecule has 8 nitrogen and oxygen atoms in total. The van der Waals surface area contributed by atoms with Crippen molar-refractivity contribution in [2.45, 2.75) is 38.5 Å². The van der Waals surface area contributed by atoms with E-state index < -0.39 is 10.0 Å². The lowest BCUT2D eigenvalue weighted by Gasteiger charge is -2.36. The Labute approximate surface area is 154 Å². The van der Waals surface area contributed by atoms with Gasteiger partial charge in [-0.05, 0) is 32.6 Å². The van der Waals surface area contributed by atoms with Gasteiger partial charge in [0.1, 0.15) is 10.6 Å². The zero-order valence-electron chi connectivity index (χ0n) is 15.6. The highest BCUT2D eigenvalue weighted by molar-refractivity contribution is 7.89. The van der Waals surface area contributed by atoms with Gasteiger partial charge in [-0.1, -0.05) is 12.1 Å². The molecule has 2 fully saturated rings. The van der Waals surface area contributed by atoms with Gasteiger partial charge < -0.3 is 14.2 Å². The summed E-state index contributed by atoms with van der Waals surface area (Å²) in [6.45, 7) is 8.50. The number of sulfonamides is 1. The molecule has 0 radical (unpaired) electrons. The highest BCUT2D eigenvalue weighted by atomic mass is 32.2. The Morgan fingerprint density at radius 2 is 1.77 bits per heavy atom. The molecule has 0 saturated carbocycles.